The topological polar surface area (TPSA) is 15.7 Å². The standard InChI is InChI=1S/C12H24N2O/c1-10(11-8-12(9-11)15-3)14-6-4-13(2)5-7-14/h10-12H,4-9H2,1-3H3. The van der Waals surface area contributed by atoms with Gasteiger partial charge in [0.1, 0.15) is 0 Å². The first kappa shape index (κ1) is 11.4. The molecule has 2 rings (SSSR count). The van der Waals surface area contributed by atoms with Gasteiger partial charge in [-0.1, -0.05) is 0 Å². The number of piperazine rings is 1. The van der Waals surface area contributed by atoms with E-state index in [1.807, 2.05) is 7.11 Å². The van der Waals surface area contributed by atoms with Crippen LogP contribution in [0.4, 0.5) is 0 Å². The molecule has 88 valence electrons. The zero-order valence-electron chi connectivity index (χ0n) is 10.3. The average molecular weight is 212 g/mol. The summed E-state index contributed by atoms with van der Waals surface area (Å²) < 4.78 is 5.34. The maximum atomic E-state index is 5.34. The van der Waals surface area contributed by atoms with Gasteiger partial charge in [-0.25, -0.2) is 0 Å². The molecule has 1 heterocycles. The fourth-order valence-electron chi connectivity index (χ4n) is 2.72. The quantitative estimate of drug-likeness (QED) is 0.695. The van der Waals surface area contributed by atoms with Crippen LogP contribution in [0.15, 0.2) is 0 Å². The minimum Gasteiger partial charge on any atom is -0.381 e. The third kappa shape index (κ3) is 2.52. The van der Waals surface area contributed by atoms with Crippen molar-refractivity contribution in [3.05, 3.63) is 0 Å². The molecule has 0 N–H and O–H groups in total. The lowest BCUT2D eigenvalue weighted by Crippen LogP contribution is -2.53. The molecule has 1 aliphatic heterocycles. The van der Waals surface area contributed by atoms with Crippen molar-refractivity contribution in [2.24, 2.45) is 5.92 Å². The Morgan fingerprint density at radius 1 is 1.13 bits per heavy atom. The van der Waals surface area contributed by atoms with Gasteiger partial charge in [-0.15, -0.1) is 0 Å². The van der Waals surface area contributed by atoms with Crippen LogP contribution >= 0.6 is 0 Å². The van der Waals surface area contributed by atoms with E-state index in [1.165, 1.54) is 39.0 Å². The maximum Gasteiger partial charge on any atom is 0.0577 e. The molecule has 0 aromatic rings. The largest absolute Gasteiger partial charge is 0.381 e. The van der Waals surface area contributed by atoms with Crippen LogP contribution in [0.25, 0.3) is 0 Å². The van der Waals surface area contributed by atoms with Crippen molar-refractivity contribution in [1.29, 1.82) is 0 Å². The fraction of sp³-hybridized carbons (Fsp3) is 1.00. The number of nitrogens with zero attached hydrogens (tertiary/aromatic N) is 2. The Morgan fingerprint density at radius 3 is 2.27 bits per heavy atom. The molecule has 0 spiro atoms. The second-order valence-corrected chi connectivity index (χ2v) is 5.17. The molecule has 1 saturated carbocycles. The van der Waals surface area contributed by atoms with Crippen LogP contribution in [-0.4, -0.2) is 62.3 Å². The Labute approximate surface area is 93.4 Å². The third-order valence-corrected chi connectivity index (χ3v) is 4.26. The molecule has 0 bridgehead atoms. The smallest absolute Gasteiger partial charge is 0.0577 e. The van der Waals surface area contributed by atoms with Crippen molar-refractivity contribution in [2.45, 2.75) is 31.9 Å². The fourth-order valence-corrected chi connectivity index (χ4v) is 2.72. The lowest BCUT2D eigenvalue weighted by atomic mass is 9.77. The van der Waals surface area contributed by atoms with Crippen LogP contribution in [0.1, 0.15) is 19.8 Å². The molecule has 0 radical (unpaired) electrons. The molecule has 0 aromatic carbocycles. The molecule has 15 heavy (non-hydrogen) atoms. The average Bonchev–Trinajstić information content (AvgIpc) is 2.17. The number of hydrogen-bond acceptors (Lipinski definition) is 3. The van der Waals surface area contributed by atoms with Gasteiger partial charge in [-0.05, 0) is 32.7 Å². The van der Waals surface area contributed by atoms with Gasteiger partial charge in [0.25, 0.3) is 0 Å². The molecule has 2 aliphatic rings. The van der Waals surface area contributed by atoms with Gasteiger partial charge in [0.05, 0.1) is 6.10 Å². The van der Waals surface area contributed by atoms with E-state index in [0.29, 0.717) is 6.10 Å². The van der Waals surface area contributed by atoms with Crippen molar-refractivity contribution >= 4 is 0 Å². The number of hydrogen-bond donors (Lipinski definition) is 0. The summed E-state index contributed by atoms with van der Waals surface area (Å²) in [6, 6.07) is 0.755. The minimum atomic E-state index is 0.546. The molecule has 1 atom stereocenters. The molecule has 2 fully saturated rings. The Hall–Kier alpha value is -0.120. The van der Waals surface area contributed by atoms with Crippen LogP contribution in [-0.2, 0) is 4.74 Å². The van der Waals surface area contributed by atoms with Crippen molar-refractivity contribution in [3.8, 4) is 0 Å². The zero-order valence-corrected chi connectivity index (χ0v) is 10.3. The summed E-state index contributed by atoms with van der Waals surface area (Å²) in [4.78, 5) is 5.07. The van der Waals surface area contributed by atoms with Crippen LogP contribution in [0.2, 0.25) is 0 Å². The summed E-state index contributed by atoms with van der Waals surface area (Å²) in [6.45, 7) is 7.33. The highest BCUT2D eigenvalue weighted by Gasteiger charge is 2.36. The van der Waals surface area contributed by atoms with Gasteiger partial charge in [0.15, 0.2) is 0 Å². The summed E-state index contributed by atoms with van der Waals surface area (Å²) in [5.74, 6) is 0.873. The second-order valence-electron chi connectivity index (χ2n) is 5.17. The zero-order chi connectivity index (χ0) is 10.8. The van der Waals surface area contributed by atoms with Crippen LogP contribution in [0.5, 0.6) is 0 Å². The first-order chi connectivity index (χ1) is 7.20. The predicted octanol–water partition coefficient (Wildman–Crippen LogP) is 1.05. The molecular weight excluding hydrogens is 188 g/mol. The van der Waals surface area contributed by atoms with Crippen LogP contribution in [0.3, 0.4) is 0 Å². The molecule has 3 nitrogen and oxygen atoms in total. The van der Waals surface area contributed by atoms with Crippen molar-refractivity contribution in [1.82, 2.24) is 9.80 Å². The normalized spacial score (nSPS) is 36.2. The summed E-state index contributed by atoms with van der Waals surface area (Å²) >= 11 is 0. The number of methoxy groups -OCH3 is 1. The van der Waals surface area contributed by atoms with Gasteiger partial charge < -0.3 is 9.64 Å². The summed E-state index contributed by atoms with van der Waals surface area (Å²) in [7, 11) is 4.05. The van der Waals surface area contributed by atoms with Gasteiger partial charge >= 0.3 is 0 Å². The molecule has 1 saturated heterocycles. The lowest BCUT2D eigenvalue weighted by Gasteiger charge is -2.45. The maximum absolute atomic E-state index is 5.34. The van der Waals surface area contributed by atoms with E-state index in [1.54, 1.807) is 0 Å². The van der Waals surface area contributed by atoms with Crippen molar-refractivity contribution in [2.75, 3.05) is 40.3 Å². The van der Waals surface area contributed by atoms with Gasteiger partial charge in [-0.2, -0.15) is 0 Å². The van der Waals surface area contributed by atoms with Gasteiger partial charge in [-0.3, -0.25) is 4.90 Å². The Kier molecular flexibility index (Phi) is 3.65. The molecule has 3 heteroatoms. The first-order valence-electron chi connectivity index (χ1n) is 6.16. The van der Waals surface area contributed by atoms with Crippen molar-refractivity contribution < 1.29 is 4.74 Å². The Balaban J connectivity index is 1.74. The van der Waals surface area contributed by atoms with E-state index in [0.717, 1.165) is 12.0 Å². The summed E-state index contributed by atoms with van der Waals surface area (Å²) in [5, 5.41) is 0. The van der Waals surface area contributed by atoms with Crippen molar-refractivity contribution in [3.63, 3.8) is 0 Å². The van der Waals surface area contributed by atoms with Crippen LogP contribution < -0.4 is 0 Å². The molecule has 0 amide bonds. The lowest BCUT2D eigenvalue weighted by molar-refractivity contribution is -0.0373. The molecule has 0 aromatic heterocycles. The summed E-state index contributed by atoms with van der Waals surface area (Å²) in [6.07, 6.45) is 3.08. The highest BCUT2D eigenvalue weighted by molar-refractivity contribution is 4.89. The Morgan fingerprint density at radius 2 is 1.73 bits per heavy atom. The number of rotatable bonds is 3. The highest BCUT2D eigenvalue weighted by Crippen LogP contribution is 2.34. The monoisotopic (exact) mass is 212 g/mol. The number of ether oxygens (including phenoxy) is 1. The first-order valence-corrected chi connectivity index (χ1v) is 6.16. The highest BCUT2D eigenvalue weighted by atomic mass is 16.5. The number of likely N-dealkylation sites (N-methyl/N-ethyl adjacent to an activating group) is 1. The van der Waals surface area contributed by atoms with E-state index >= 15 is 0 Å². The van der Waals surface area contributed by atoms with Gasteiger partial charge in [0, 0.05) is 39.3 Å². The second kappa shape index (κ2) is 4.81. The van der Waals surface area contributed by atoms with E-state index in [2.05, 4.69) is 23.8 Å². The van der Waals surface area contributed by atoms with E-state index in [-0.39, 0.29) is 0 Å². The molecular formula is C12H24N2O. The van der Waals surface area contributed by atoms with E-state index in [9.17, 15) is 0 Å². The van der Waals surface area contributed by atoms with Crippen LogP contribution in [0, 0.1) is 5.92 Å². The molecule has 1 aliphatic carbocycles. The predicted molar refractivity (Wildman–Crippen MR) is 62.1 cm³/mol. The van der Waals surface area contributed by atoms with E-state index in [4.69, 9.17) is 4.74 Å². The van der Waals surface area contributed by atoms with Gasteiger partial charge in [0.2, 0.25) is 0 Å². The molecule has 1 unspecified atom stereocenters. The Bertz CT molecular complexity index is 196. The third-order valence-electron chi connectivity index (χ3n) is 4.26. The summed E-state index contributed by atoms with van der Waals surface area (Å²) in [5.41, 5.74) is 0. The minimum absolute atomic E-state index is 0.546. The van der Waals surface area contributed by atoms with E-state index < -0.39 is 0 Å². The SMILES string of the molecule is COC1CC(C(C)N2CCN(C)CC2)C1.